The minimum absolute atomic E-state index is 0.00533. The van der Waals surface area contributed by atoms with Crippen molar-refractivity contribution < 1.29 is 19.4 Å². The Labute approximate surface area is 235 Å². The second-order valence-corrected chi connectivity index (χ2v) is 14.9. The highest BCUT2D eigenvalue weighted by Gasteiger charge is 2.74. The number of carbonyl (C=O) groups is 1. The second kappa shape index (κ2) is 9.72. The van der Waals surface area contributed by atoms with E-state index in [1.54, 1.807) is 0 Å². The molecule has 12 atom stereocenters. The molecule has 1 heterocycles. The van der Waals surface area contributed by atoms with Gasteiger partial charge in [0.25, 0.3) is 0 Å². The zero-order valence-corrected chi connectivity index (χ0v) is 24.8. The second-order valence-electron chi connectivity index (χ2n) is 14.9. The molecule has 5 unspecified atom stereocenters. The highest BCUT2D eigenvalue weighted by molar-refractivity contribution is 5.89. The van der Waals surface area contributed by atoms with Gasteiger partial charge in [-0.05, 0) is 105 Å². The van der Waals surface area contributed by atoms with Gasteiger partial charge in [-0.15, -0.1) is 6.58 Å². The number of hydrogen-bond acceptors (Lipinski definition) is 4. The summed E-state index contributed by atoms with van der Waals surface area (Å²) in [7, 11) is 0. The Kier molecular flexibility index (Phi) is 6.86. The average Bonchev–Trinajstić information content (AvgIpc) is 3.30. The van der Waals surface area contributed by atoms with Gasteiger partial charge in [0.05, 0.1) is 11.7 Å². The molecule has 0 bridgehead atoms. The predicted molar refractivity (Wildman–Crippen MR) is 154 cm³/mol. The number of fused-ring (bicyclic) bond motifs is 7. The molecule has 0 radical (unpaired) electrons. The van der Waals surface area contributed by atoms with Crippen LogP contribution in [0.4, 0.5) is 0 Å². The smallest absolute Gasteiger partial charge is 0.338 e. The molecule has 39 heavy (non-hydrogen) atoms. The molecule has 4 nitrogen and oxygen atoms in total. The number of hydrogen-bond donors (Lipinski definition) is 1. The lowest BCUT2D eigenvalue weighted by Crippen LogP contribution is -2.59. The van der Waals surface area contributed by atoms with Crippen LogP contribution in [0.15, 0.2) is 42.5 Å². The molecule has 1 aromatic rings. The molecular formula is C35H50O4. The molecule has 1 aliphatic heterocycles. The molecule has 0 spiro atoms. The lowest BCUT2D eigenvalue weighted by atomic mass is 9.43. The summed E-state index contributed by atoms with van der Waals surface area (Å²) in [6.45, 7) is 15.7. The zero-order chi connectivity index (χ0) is 27.7. The Balaban J connectivity index is 1.37. The molecule has 4 saturated carbocycles. The molecule has 1 aromatic carbocycles. The van der Waals surface area contributed by atoms with Gasteiger partial charge in [-0.25, -0.2) is 4.79 Å². The lowest BCUT2D eigenvalue weighted by Gasteiger charge is -2.62. The van der Waals surface area contributed by atoms with E-state index in [-0.39, 0.29) is 40.8 Å². The first kappa shape index (κ1) is 27.5. The number of rotatable bonds is 5. The highest BCUT2D eigenvalue weighted by atomic mass is 16.6. The number of ether oxygens (including phenoxy) is 2. The van der Waals surface area contributed by atoms with Crippen molar-refractivity contribution in [1.82, 2.24) is 0 Å². The van der Waals surface area contributed by atoms with Crippen molar-refractivity contribution in [3.05, 3.63) is 48.0 Å². The largest absolute Gasteiger partial charge is 0.458 e. The Morgan fingerprint density at radius 2 is 1.85 bits per heavy atom. The van der Waals surface area contributed by atoms with Crippen LogP contribution in [-0.2, 0) is 9.47 Å². The van der Waals surface area contributed by atoms with Crippen LogP contribution in [0, 0.1) is 52.3 Å². The van der Waals surface area contributed by atoms with Crippen molar-refractivity contribution >= 4 is 5.97 Å². The SMILES string of the molecule is C=C(C)CC[C@H]1O[C@@]2(O)CC3C4CCC5C[C@@H](C)CC[C@]5(C)C4C[C@@H](OC(=O)c4ccccc4)[C@]3(C)C2[C@@H]1C. The molecule has 6 rings (SSSR count). The molecule has 0 amide bonds. The molecule has 1 saturated heterocycles. The van der Waals surface area contributed by atoms with Crippen molar-refractivity contribution in [3.8, 4) is 0 Å². The predicted octanol–water partition coefficient (Wildman–Crippen LogP) is 7.81. The maximum atomic E-state index is 13.6. The van der Waals surface area contributed by atoms with Crippen LogP contribution in [0.25, 0.3) is 0 Å². The first-order valence-corrected chi connectivity index (χ1v) is 15.8. The highest BCUT2D eigenvalue weighted by Crippen LogP contribution is 2.72. The Bertz CT molecular complexity index is 1100. The Hall–Kier alpha value is -1.65. The van der Waals surface area contributed by atoms with Crippen LogP contribution >= 0.6 is 0 Å². The van der Waals surface area contributed by atoms with E-state index >= 15 is 0 Å². The fourth-order valence-electron chi connectivity index (χ4n) is 10.8. The van der Waals surface area contributed by atoms with E-state index in [4.69, 9.17) is 9.47 Å². The van der Waals surface area contributed by atoms with Crippen molar-refractivity contribution in [1.29, 1.82) is 0 Å². The first-order chi connectivity index (χ1) is 18.5. The van der Waals surface area contributed by atoms with E-state index in [9.17, 15) is 9.90 Å². The van der Waals surface area contributed by atoms with E-state index < -0.39 is 5.79 Å². The molecule has 4 aliphatic carbocycles. The molecule has 214 valence electrons. The fourth-order valence-corrected chi connectivity index (χ4v) is 10.8. The van der Waals surface area contributed by atoms with E-state index in [1.807, 2.05) is 30.3 Å². The van der Waals surface area contributed by atoms with E-state index in [1.165, 1.54) is 32.1 Å². The van der Waals surface area contributed by atoms with Gasteiger partial charge < -0.3 is 14.6 Å². The monoisotopic (exact) mass is 534 g/mol. The van der Waals surface area contributed by atoms with E-state index in [0.29, 0.717) is 29.7 Å². The summed E-state index contributed by atoms with van der Waals surface area (Å²) in [4.78, 5) is 13.6. The Morgan fingerprint density at radius 1 is 1.10 bits per heavy atom. The minimum Gasteiger partial charge on any atom is -0.458 e. The lowest BCUT2D eigenvalue weighted by molar-refractivity contribution is -0.211. The summed E-state index contributed by atoms with van der Waals surface area (Å²) >= 11 is 0. The third-order valence-corrected chi connectivity index (χ3v) is 12.7. The summed E-state index contributed by atoms with van der Waals surface area (Å²) in [5.74, 6) is 1.70. The molecule has 5 fully saturated rings. The summed E-state index contributed by atoms with van der Waals surface area (Å²) in [5, 5.41) is 12.2. The van der Waals surface area contributed by atoms with Gasteiger partial charge in [0, 0.05) is 17.8 Å². The van der Waals surface area contributed by atoms with Crippen molar-refractivity contribution in [2.75, 3.05) is 0 Å². The van der Waals surface area contributed by atoms with Gasteiger partial charge in [0.2, 0.25) is 0 Å². The first-order valence-electron chi connectivity index (χ1n) is 15.8. The number of benzene rings is 1. The standard InChI is InChI=1S/C35H50O4/c1-21(2)12-15-29-23(4)31-34(6)28(20-35(31,37)39-29)26-14-13-25-18-22(3)16-17-33(25,5)27(26)19-30(34)38-32(36)24-10-8-7-9-11-24/h7-11,22-23,25-31,37H,1,12-20H2,2-6H3/t22-,23+,25?,26?,27?,28?,29+,30+,31?,33-,34+,35-/m0/s1. The number of aliphatic hydroxyl groups is 1. The molecule has 5 aliphatic rings. The van der Waals surface area contributed by atoms with Gasteiger partial charge in [0.1, 0.15) is 6.10 Å². The van der Waals surface area contributed by atoms with Gasteiger partial charge in [0.15, 0.2) is 5.79 Å². The minimum atomic E-state index is -1.15. The maximum absolute atomic E-state index is 13.6. The molecule has 4 heteroatoms. The quantitative estimate of drug-likeness (QED) is 0.309. The number of allylic oxidation sites excluding steroid dienone is 1. The molecule has 0 aromatic heterocycles. The van der Waals surface area contributed by atoms with Crippen molar-refractivity contribution in [2.24, 2.45) is 52.3 Å². The van der Waals surface area contributed by atoms with Crippen LogP contribution in [0.1, 0.15) is 103 Å². The van der Waals surface area contributed by atoms with Gasteiger partial charge in [-0.1, -0.05) is 57.9 Å². The third-order valence-electron chi connectivity index (χ3n) is 12.7. The number of carbonyl (C=O) groups excluding carboxylic acids is 1. The van der Waals surface area contributed by atoms with Crippen molar-refractivity contribution in [3.63, 3.8) is 0 Å². The molecular weight excluding hydrogens is 484 g/mol. The van der Waals surface area contributed by atoms with E-state index in [2.05, 4.69) is 41.2 Å². The van der Waals surface area contributed by atoms with Crippen LogP contribution in [0.2, 0.25) is 0 Å². The average molecular weight is 535 g/mol. The van der Waals surface area contributed by atoms with Crippen LogP contribution in [0.3, 0.4) is 0 Å². The third kappa shape index (κ3) is 4.26. The fraction of sp³-hybridized carbons (Fsp3) is 0.743. The van der Waals surface area contributed by atoms with Crippen LogP contribution < -0.4 is 0 Å². The van der Waals surface area contributed by atoms with Gasteiger partial charge in [-0.2, -0.15) is 0 Å². The maximum Gasteiger partial charge on any atom is 0.338 e. The zero-order valence-electron chi connectivity index (χ0n) is 24.8. The Morgan fingerprint density at radius 3 is 2.56 bits per heavy atom. The summed E-state index contributed by atoms with van der Waals surface area (Å²) < 4.78 is 13.2. The van der Waals surface area contributed by atoms with E-state index in [0.717, 1.165) is 36.7 Å². The van der Waals surface area contributed by atoms with Crippen LogP contribution in [-0.4, -0.2) is 29.1 Å². The van der Waals surface area contributed by atoms with Gasteiger partial charge in [-0.3, -0.25) is 0 Å². The summed E-state index contributed by atoms with van der Waals surface area (Å²) in [6, 6.07) is 9.46. The summed E-state index contributed by atoms with van der Waals surface area (Å²) in [5.41, 5.74) is 1.73. The van der Waals surface area contributed by atoms with Crippen molar-refractivity contribution in [2.45, 2.75) is 110 Å². The molecule has 1 N–H and O–H groups in total. The normalized spacial score (nSPS) is 48.4. The van der Waals surface area contributed by atoms with Gasteiger partial charge >= 0.3 is 5.97 Å². The summed E-state index contributed by atoms with van der Waals surface area (Å²) in [6.07, 6.45) is 9.57. The number of esters is 1. The topological polar surface area (TPSA) is 55.8 Å². The van der Waals surface area contributed by atoms with Crippen LogP contribution in [0.5, 0.6) is 0 Å².